The number of nitrogens with one attached hydrogen (secondary N) is 1. The summed E-state index contributed by atoms with van der Waals surface area (Å²) >= 11 is 7.25. The summed E-state index contributed by atoms with van der Waals surface area (Å²) < 4.78 is 5.09. The third-order valence-corrected chi connectivity index (χ3v) is 5.60. The molecular weight excluding hydrogens is 388 g/mol. The fraction of sp³-hybridized carbons (Fsp3) is 0.455. The van der Waals surface area contributed by atoms with Gasteiger partial charge in [-0.3, -0.25) is 0 Å². The Kier molecular flexibility index (Phi) is 8.01. The average Bonchev–Trinajstić information content (AvgIpc) is 2.96. The minimum Gasteiger partial charge on any atom is -0.465 e. The number of hydrogen-bond acceptors (Lipinski definition) is 4. The van der Waals surface area contributed by atoms with Gasteiger partial charge in [-0.15, -0.1) is 11.3 Å². The first-order valence-electron chi connectivity index (χ1n) is 9.57. The van der Waals surface area contributed by atoms with Crippen LogP contribution in [0.5, 0.6) is 0 Å². The van der Waals surface area contributed by atoms with Crippen molar-refractivity contribution in [2.75, 3.05) is 25.5 Å². The van der Waals surface area contributed by atoms with Gasteiger partial charge in [0.05, 0.1) is 7.11 Å². The Morgan fingerprint density at radius 2 is 1.71 bits per heavy atom. The van der Waals surface area contributed by atoms with Gasteiger partial charge in [-0.1, -0.05) is 58.0 Å². The number of carbonyl (C=O) groups excluding carboxylic acids is 1. The van der Waals surface area contributed by atoms with Gasteiger partial charge in [-0.2, -0.15) is 0 Å². The Balaban J connectivity index is 2.42. The van der Waals surface area contributed by atoms with Gasteiger partial charge in [0.2, 0.25) is 0 Å². The number of esters is 1. The first-order chi connectivity index (χ1) is 13.2. The van der Waals surface area contributed by atoms with Crippen molar-refractivity contribution in [1.82, 2.24) is 4.90 Å². The zero-order valence-electron chi connectivity index (χ0n) is 17.5. The van der Waals surface area contributed by atoms with Crippen molar-refractivity contribution < 1.29 is 9.53 Å². The molecule has 0 saturated carbocycles. The average molecular weight is 419 g/mol. The van der Waals surface area contributed by atoms with E-state index in [0.717, 1.165) is 34.1 Å². The van der Waals surface area contributed by atoms with Crippen LogP contribution >= 0.6 is 23.6 Å². The molecule has 0 fully saturated rings. The Hall–Kier alpha value is -1.92. The molecule has 2 aromatic rings. The molecule has 0 spiro atoms. The fourth-order valence-corrected chi connectivity index (χ4v) is 4.56. The van der Waals surface area contributed by atoms with Crippen molar-refractivity contribution in [1.29, 1.82) is 0 Å². The lowest BCUT2D eigenvalue weighted by atomic mass is 10.0. The lowest BCUT2D eigenvalue weighted by molar-refractivity contribution is 0.0603. The predicted molar refractivity (Wildman–Crippen MR) is 123 cm³/mol. The number of carbonyl (C=O) groups is 1. The van der Waals surface area contributed by atoms with E-state index in [4.69, 9.17) is 17.0 Å². The molecule has 1 aromatic carbocycles. The zero-order chi connectivity index (χ0) is 20.8. The van der Waals surface area contributed by atoms with E-state index in [9.17, 15) is 4.79 Å². The van der Waals surface area contributed by atoms with E-state index < -0.39 is 0 Å². The highest BCUT2D eigenvalue weighted by molar-refractivity contribution is 7.80. The van der Waals surface area contributed by atoms with Crippen LogP contribution in [-0.4, -0.2) is 36.2 Å². The molecule has 1 aromatic heterocycles. The van der Waals surface area contributed by atoms with E-state index >= 15 is 0 Å². The molecule has 0 aliphatic heterocycles. The number of nitrogens with zero attached hydrogens (tertiary/aromatic N) is 1. The van der Waals surface area contributed by atoms with Crippen molar-refractivity contribution in [3.8, 4) is 11.1 Å². The lowest BCUT2D eigenvalue weighted by Crippen LogP contribution is -2.39. The maximum atomic E-state index is 12.6. The molecule has 0 aliphatic rings. The summed E-state index contributed by atoms with van der Waals surface area (Å²) in [6, 6.07) is 9.92. The fourth-order valence-electron chi connectivity index (χ4n) is 3.18. The van der Waals surface area contributed by atoms with E-state index in [1.165, 1.54) is 18.4 Å². The predicted octanol–water partition coefficient (Wildman–Crippen LogP) is 5.82. The van der Waals surface area contributed by atoms with Gasteiger partial charge in [0.25, 0.3) is 0 Å². The molecule has 4 nitrogen and oxygen atoms in total. The van der Waals surface area contributed by atoms with Gasteiger partial charge in [-0.05, 0) is 36.5 Å². The Bertz CT molecular complexity index is 803. The van der Waals surface area contributed by atoms with E-state index in [1.54, 1.807) is 0 Å². The highest BCUT2D eigenvalue weighted by atomic mass is 32.1. The summed E-state index contributed by atoms with van der Waals surface area (Å²) in [5.74, 6) is 0.625. The summed E-state index contributed by atoms with van der Waals surface area (Å²) in [6.45, 7) is 12.5. The van der Waals surface area contributed by atoms with Gasteiger partial charge < -0.3 is 15.0 Å². The molecule has 152 valence electrons. The number of aryl methyl sites for hydroxylation is 1. The Morgan fingerprint density at radius 3 is 2.21 bits per heavy atom. The van der Waals surface area contributed by atoms with Gasteiger partial charge >= 0.3 is 5.97 Å². The summed E-state index contributed by atoms with van der Waals surface area (Å²) in [6.07, 6.45) is 0. The molecule has 28 heavy (non-hydrogen) atoms. The monoisotopic (exact) mass is 418 g/mol. The molecule has 0 atom stereocenters. The van der Waals surface area contributed by atoms with E-state index in [-0.39, 0.29) is 5.97 Å². The summed E-state index contributed by atoms with van der Waals surface area (Å²) in [5, 5.41) is 4.73. The number of benzene rings is 1. The number of thiocarbonyl (C=S) groups is 1. The molecule has 0 aliphatic carbocycles. The summed E-state index contributed by atoms with van der Waals surface area (Å²) in [4.78, 5) is 15.9. The first kappa shape index (κ1) is 22.4. The van der Waals surface area contributed by atoms with Gasteiger partial charge in [-0.25, -0.2) is 4.79 Å². The van der Waals surface area contributed by atoms with E-state index in [0.29, 0.717) is 22.5 Å². The largest absolute Gasteiger partial charge is 0.465 e. The van der Waals surface area contributed by atoms with Crippen molar-refractivity contribution in [3.63, 3.8) is 0 Å². The third-order valence-electron chi connectivity index (χ3n) is 4.22. The minimum absolute atomic E-state index is 0.354. The molecule has 1 N–H and O–H groups in total. The van der Waals surface area contributed by atoms with E-state index in [1.807, 2.05) is 37.3 Å². The number of thiophene rings is 1. The normalized spacial score (nSPS) is 11.0. The number of ether oxygens (including phenoxy) is 1. The van der Waals surface area contributed by atoms with Gasteiger partial charge in [0.1, 0.15) is 10.6 Å². The van der Waals surface area contributed by atoms with Crippen LogP contribution < -0.4 is 5.32 Å². The van der Waals surface area contributed by atoms with Crippen molar-refractivity contribution in [2.45, 2.75) is 34.6 Å². The maximum absolute atomic E-state index is 12.6. The maximum Gasteiger partial charge on any atom is 0.341 e. The number of hydrogen-bond donors (Lipinski definition) is 1. The van der Waals surface area contributed by atoms with Gasteiger partial charge in [0, 0.05) is 23.5 Å². The molecule has 1 heterocycles. The SMILES string of the molecule is COC(=O)c1c(NC(=S)N(CC(C)C)CC(C)C)sc(C)c1-c1ccccc1. The molecule has 0 unspecified atom stereocenters. The second-order valence-corrected chi connectivity index (χ2v) is 9.33. The molecule has 0 amide bonds. The van der Waals surface area contributed by atoms with Crippen molar-refractivity contribution in [2.24, 2.45) is 11.8 Å². The van der Waals surface area contributed by atoms with Crippen LogP contribution in [0.25, 0.3) is 11.1 Å². The number of anilines is 1. The van der Waals surface area contributed by atoms with E-state index in [2.05, 4.69) is 37.9 Å². The summed E-state index contributed by atoms with van der Waals surface area (Å²) in [7, 11) is 1.41. The molecule has 6 heteroatoms. The minimum atomic E-state index is -0.354. The quantitative estimate of drug-likeness (QED) is 0.453. The highest BCUT2D eigenvalue weighted by Crippen LogP contribution is 2.40. The van der Waals surface area contributed by atoms with Crippen LogP contribution in [0.4, 0.5) is 5.00 Å². The van der Waals surface area contributed by atoms with Crippen LogP contribution in [0.1, 0.15) is 42.9 Å². The topological polar surface area (TPSA) is 41.6 Å². The Morgan fingerprint density at radius 1 is 1.14 bits per heavy atom. The second kappa shape index (κ2) is 10.0. The molecular formula is C22H30N2O2S2. The van der Waals surface area contributed by atoms with Crippen molar-refractivity contribution >= 4 is 39.6 Å². The number of rotatable bonds is 7. The molecule has 2 rings (SSSR count). The van der Waals surface area contributed by atoms with Crippen LogP contribution in [0.15, 0.2) is 30.3 Å². The molecule has 0 radical (unpaired) electrons. The first-order valence-corrected chi connectivity index (χ1v) is 10.8. The smallest absolute Gasteiger partial charge is 0.341 e. The van der Waals surface area contributed by atoms with Crippen LogP contribution in [0, 0.1) is 18.8 Å². The third kappa shape index (κ3) is 5.55. The molecule has 0 bridgehead atoms. The standard InChI is InChI=1S/C22H30N2O2S2/c1-14(2)12-24(13-15(3)4)22(27)23-20-19(21(25)26-6)18(16(5)28-20)17-10-8-7-9-11-17/h7-11,14-15H,12-13H2,1-6H3,(H,23,27). The van der Waals surface area contributed by atoms with Crippen LogP contribution in [-0.2, 0) is 4.74 Å². The lowest BCUT2D eigenvalue weighted by Gasteiger charge is -2.29. The number of methoxy groups -OCH3 is 1. The van der Waals surface area contributed by atoms with Crippen molar-refractivity contribution in [3.05, 3.63) is 40.8 Å². The zero-order valence-corrected chi connectivity index (χ0v) is 19.2. The molecule has 0 saturated heterocycles. The van der Waals surface area contributed by atoms with Gasteiger partial charge in [0.15, 0.2) is 5.11 Å². The van der Waals surface area contributed by atoms with Crippen LogP contribution in [0.2, 0.25) is 0 Å². The Labute approximate surface area is 177 Å². The van der Waals surface area contributed by atoms with Crippen LogP contribution in [0.3, 0.4) is 0 Å². The highest BCUT2D eigenvalue weighted by Gasteiger charge is 2.25. The summed E-state index contributed by atoms with van der Waals surface area (Å²) in [5.41, 5.74) is 2.45. The second-order valence-electron chi connectivity index (χ2n) is 7.72.